The monoisotopic (exact) mass is 300 g/mol. The number of hydrogen-bond acceptors (Lipinski definition) is 2. The number of hydrogen-bond donors (Lipinski definition) is 2. The van der Waals surface area contributed by atoms with Crippen molar-refractivity contribution in [2.45, 2.75) is 40.2 Å². The maximum absolute atomic E-state index is 12.2. The van der Waals surface area contributed by atoms with E-state index in [1.807, 2.05) is 13.8 Å². The largest absolute Gasteiger partial charge is 0.481 e. The first-order valence-electron chi connectivity index (χ1n) is 6.60. The predicted octanol–water partition coefficient (Wildman–Crippen LogP) is 2.95. The first-order valence-corrected chi connectivity index (χ1v) is 6.98. The van der Waals surface area contributed by atoms with Gasteiger partial charge < -0.3 is 15.0 Å². The van der Waals surface area contributed by atoms with E-state index in [1.54, 1.807) is 30.7 Å². The molecule has 0 aliphatic carbocycles. The van der Waals surface area contributed by atoms with Crippen LogP contribution in [0.3, 0.4) is 0 Å². The summed E-state index contributed by atoms with van der Waals surface area (Å²) < 4.78 is 1.77. The molecule has 0 fully saturated rings. The second-order valence-corrected chi connectivity index (χ2v) is 5.88. The third-order valence-electron chi connectivity index (χ3n) is 3.54. The molecule has 5 nitrogen and oxygen atoms in total. The molecule has 0 spiro atoms. The zero-order valence-electron chi connectivity index (χ0n) is 12.2. The number of rotatable bonds is 6. The van der Waals surface area contributed by atoms with Gasteiger partial charge in [-0.25, -0.2) is 0 Å². The average molecular weight is 301 g/mol. The number of aliphatic carboxylic acids is 1. The summed E-state index contributed by atoms with van der Waals surface area (Å²) >= 11 is 5.93. The van der Waals surface area contributed by atoms with E-state index < -0.39 is 11.4 Å². The Bertz CT molecular complexity index is 511. The molecule has 1 aromatic heterocycles. The fourth-order valence-electron chi connectivity index (χ4n) is 1.77. The molecule has 1 atom stereocenters. The van der Waals surface area contributed by atoms with Gasteiger partial charge in [0, 0.05) is 18.8 Å². The Labute approximate surface area is 123 Å². The van der Waals surface area contributed by atoms with Crippen LogP contribution in [0.1, 0.15) is 50.6 Å². The number of aromatic nitrogens is 1. The lowest BCUT2D eigenvalue weighted by molar-refractivity contribution is -0.147. The molecule has 1 amide bonds. The molecule has 0 saturated carbocycles. The van der Waals surface area contributed by atoms with Gasteiger partial charge in [-0.15, -0.1) is 0 Å². The van der Waals surface area contributed by atoms with Gasteiger partial charge in [-0.3, -0.25) is 9.59 Å². The zero-order chi connectivity index (χ0) is 15.5. The number of nitrogens with zero attached hydrogens (tertiary/aromatic N) is 1. The molecule has 1 unspecified atom stereocenters. The van der Waals surface area contributed by atoms with E-state index in [4.69, 9.17) is 11.6 Å². The minimum absolute atomic E-state index is 0.0819. The molecule has 1 aromatic rings. The highest BCUT2D eigenvalue weighted by atomic mass is 35.5. The van der Waals surface area contributed by atoms with Crippen molar-refractivity contribution in [3.63, 3.8) is 0 Å². The summed E-state index contributed by atoms with van der Waals surface area (Å²) in [6.07, 6.45) is 2.13. The maximum atomic E-state index is 12.2. The molecule has 20 heavy (non-hydrogen) atoms. The molecule has 112 valence electrons. The third kappa shape index (κ3) is 3.54. The van der Waals surface area contributed by atoms with Gasteiger partial charge in [0.15, 0.2) is 0 Å². The lowest BCUT2D eigenvalue weighted by atomic mass is 9.88. The number of carbonyl (C=O) groups excluding carboxylic acids is 1. The lowest BCUT2D eigenvalue weighted by Crippen LogP contribution is -2.41. The van der Waals surface area contributed by atoms with Crippen molar-refractivity contribution >= 4 is 23.5 Å². The predicted molar refractivity (Wildman–Crippen MR) is 78.2 cm³/mol. The Kier molecular flexibility index (Phi) is 5.22. The van der Waals surface area contributed by atoms with Gasteiger partial charge in [-0.2, -0.15) is 0 Å². The number of carbonyl (C=O) groups is 2. The molecule has 0 bridgehead atoms. The maximum Gasteiger partial charge on any atom is 0.311 e. The summed E-state index contributed by atoms with van der Waals surface area (Å²) in [7, 11) is 0. The number of amides is 1. The molecule has 1 rings (SSSR count). The van der Waals surface area contributed by atoms with Crippen molar-refractivity contribution < 1.29 is 14.7 Å². The second kappa shape index (κ2) is 6.31. The van der Waals surface area contributed by atoms with Gasteiger partial charge in [0.25, 0.3) is 5.91 Å². The molecule has 0 aliphatic heterocycles. The molecule has 2 N–H and O–H groups in total. The van der Waals surface area contributed by atoms with Crippen LogP contribution in [0.25, 0.3) is 0 Å². The zero-order valence-corrected chi connectivity index (χ0v) is 13.0. The number of halogens is 1. The van der Waals surface area contributed by atoms with Crippen molar-refractivity contribution in [2.24, 2.45) is 5.41 Å². The molecule has 1 heterocycles. The van der Waals surface area contributed by atoms with E-state index in [1.165, 1.54) is 0 Å². The highest BCUT2D eigenvalue weighted by molar-refractivity contribution is 6.31. The number of carboxylic acid groups (broad SMARTS) is 1. The first-order chi connectivity index (χ1) is 9.21. The highest BCUT2D eigenvalue weighted by Crippen LogP contribution is 2.22. The summed E-state index contributed by atoms with van der Waals surface area (Å²) in [5.41, 5.74) is -0.525. The topological polar surface area (TPSA) is 71.3 Å². The van der Waals surface area contributed by atoms with Gasteiger partial charge in [0.05, 0.1) is 10.4 Å². The van der Waals surface area contributed by atoms with E-state index in [0.717, 1.165) is 0 Å². The van der Waals surface area contributed by atoms with Gasteiger partial charge in [-0.05, 0) is 33.3 Å². The summed E-state index contributed by atoms with van der Waals surface area (Å²) in [6, 6.07) is 1.68. The standard InChI is InChI=1S/C14H21ClN2O3/c1-5-14(4,13(19)20)8-16-12(18)11-6-10(15)7-17(11)9(2)3/h6-7,9H,5,8H2,1-4H3,(H,16,18)(H,19,20). The van der Waals surface area contributed by atoms with Crippen LogP contribution in [0.5, 0.6) is 0 Å². The molecule has 0 saturated heterocycles. The van der Waals surface area contributed by atoms with Crippen LogP contribution in [0.15, 0.2) is 12.3 Å². The van der Waals surface area contributed by atoms with Gasteiger partial charge in [0.2, 0.25) is 0 Å². The molecule has 0 aliphatic rings. The molecule has 0 radical (unpaired) electrons. The third-order valence-corrected chi connectivity index (χ3v) is 3.75. The van der Waals surface area contributed by atoms with Crippen LogP contribution < -0.4 is 5.32 Å². The molecular weight excluding hydrogens is 280 g/mol. The average Bonchev–Trinajstić information content (AvgIpc) is 2.77. The van der Waals surface area contributed by atoms with Crippen molar-refractivity contribution in [1.82, 2.24) is 9.88 Å². The SMILES string of the molecule is CCC(C)(CNC(=O)c1cc(Cl)cn1C(C)C)C(=O)O. The van der Waals surface area contributed by atoms with E-state index >= 15 is 0 Å². The normalized spacial score (nSPS) is 14.1. The Hall–Kier alpha value is -1.49. The van der Waals surface area contributed by atoms with Crippen molar-refractivity contribution in [3.8, 4) is 0 Å². The summed E-state index contributed by atoms with van der Waals surface area (Å²) in [5, 5.41) is 12.4. The minimum Gasteiger partial charge on any atom is -0.481 e. The summed E-state index contributed by atoms with van der Waals surface area (Å²) in [5.74, 6) is -1.23. The second-order valence-electron chi connectivity index (χ2n) is 5.45. The highest BCUT2D eigenvalue weighted by Gasteiger charge is 2.31. The van der Waals surface area contributed by atoms with Gasteiger partial charge in [0.1, 0.15) is 5.69 Å². The van der Waals surface area contributed by atoms with E-state index in [9.17, 15) is 14.7 Å². The van der Waals surface area contributed by atoms with Crippen LogP contribution in [-0.2, 0) is 4.79 Å². The van der Waals surface area contributed by atoms with Crippen molar-refractivity contribution in [1.29, 1.82) is 0 Å². The van der Waals surface area contributed by atoms with Crippen molar-refractivity contribution in [2.75, 3.05) is 6.54 Å². The molecular formula is C14H21ClN2O3. The van der Waals surface area contributed by atoms with Gasteiger partial charge in [-0.1, -0.05) is 18.5 Å². The van der Waals surface area contributed by atoms with Crippen LogP contribution >= 0.6 is 11.6 Å². The molecule has 0 aromatic carbocycles. The Morgan fingerprint density at radius 1 is 1.50 bits per heavy atom. The van der Waals surface area contributed by atoms with E-state index in [-0.39, 0.29) is 18.5 Å². The van der Waals surface area contributed by atoms with Gasteiger partial charge >= 0.3 is 5.97 Å². The van der Waals surface area contributed by atoms with Crippen LogP contribution in [0.2, 0.25) is 5.02 Å². The summed E-state index contributed by atoms with van der Waals surface area (Å²) in [6.45, 7) is 7.37. The molecule has 6 heteroatoms. The van der Waals surface area contributed by atoms with Crippen LogP contribution in [-0.4, -0.2) is 28.1 Å². The Balaban J connectivity index is 2.85. The fraction of sp³-hybridized carbons (Fsp3) is 0.571. The number of carboxylic acids is 1. The quantitative estimate of drug-likeness (QED) is 0.848. The lowest BCUT2D eigenvalue weighted by Gasteiger charge is -2.23. The number of nitrogens with one attached hydrogen (secondary N) is 1. The van der Waals surface area contributed by atoms with Crippen LogP contribution in [0.4, 0.5) is 0 Å². The van der Waals surface area contributed by atoms with E-state index in [2.05, 4.69) is 5.32 Å². The Morgan fingerprint density at radius 2 is 2.10 bits per heavy atom. The summed E-state index contributed by atoms with van der Waals surface area (Å²) in [4.78, 5) is 23.4. The first kappa shape index (κ1) is 16.6. The van der Waals surface area contributed by atoms with E-state index in [0.29, 0.717) is 17.1 Å². The fourth-order valence-corrected chi connectivity index (χ4v) is 1.98. The smallest absolute Gasteiger partial charge is 0.311 e. The Morgan fingerprint density at radius 3 is 2.55 bits per heavy atom. The van der Waals surface area contributed by atoms with Crippen LogP contribution in [0, 0.1) is 5.41 Å². The van der Waals surface area contributed by atoms with Crippen molar-refractivity contribution in [3.05, 3.63) is 23.0 Å². The minimum atomic E-state index is -0.964.